The third-order valence-corrected chi connectivity index (χ3v) is 5.29. The van der Waals surface area contributed by atoms with Gasteiger partial charge >= 0.3 is 5.97 Å². The number of benzene rings is 2. The lowest BCUT2D eigenvalue weighted by Gasteiger charge is -2.14. The van der Waals surface area contributed by atoms with Gasteiger partial charge in [0.1, 0.15) is 0 Å². The second-order valence-corrected chi connectivity index (χ2v) is 7.40. The molecule has 0 aliphatic carbocycles. The average molecular weight is 382 g/mol. The number of nitrogens with zero attached hydrogens (tertiary/aromatic N) is 2. The summed E-state index contributed by atoms with van der Waals surface area (Å²) in [5.74, 6) is -0.400. The molecule has 4 rings (SSSR count). The molecule has 2 heterocycles. The first-order valence-corrected chi connectivity index (χ1v) is 9.48. The number of cyclic esters (lactones) is 1. The molecule has 1 atom stereocenters. The topological polar surface area (TPSA) is 110 Å². The number of nitrogens with one attached hydrogen (secondary N) is 2. The van der Waals surface area contributed by atoms with Crippen molar-refractivity contribution in [3.05, 3.63) is 78.1 Å². The Balaban J connectivity index is 1.51. The van der Waals surface area contributed by atoms with Gasteiger partial charge < -0.3 is 10.1 Å². The Morgan fingerprint density at radius 3 is 2.37 bits per heavy atom. The molecule has 0 fully saturated rings. The first kappa shape index (κ1) is 17.0. The third-order valence-electron chi connectivity index (χ3n) is 3.94. The van der Waals surface area contributed by atoms with Gasteiger partial charge in [0.25, 0.3) is 10.0 Å². The van der Waals surface area contributed by atoms with E-state index >= 15 is 0 Å². The number of hydrogen-bond acceptors (Lipinski definition) is 7. The van der Waals surface area contributed by atoms with E-state index in [1.54, 1.807) is 36.4 Å². The van der Waals surface area contributed by atoms with Crippen LogP contribution >= 0.6 is 0 Å². The molecule has 0 bridgehead atoms. The number of carbonyl (C=O) groups excluding carboxylic acids is 1. The zero-order chi connectivity index (χ0) is 18.9. The lowest BCUT2D eigenvalue weighted by molar-refractivity contribution is 0.0437. The molecule has 0 spiro atoms. The second kappa shape index (κ2) is 6.69. The van der Waals surface area contributed by atoms with Gasteiger partial charge in [0.2, 0.25) is 12.2 Å². The van der Waals surface area contributed by atoms with E-state index in [1.165, 1.54) is 24.5 Å². The van der Waals surface area contributed by atoms with Gasteiger partial charge in [-0.3, -0.25) is 0 Å². The number of ether oxygens (including phenoxy) is 1. The Kier molecular flexibility index (Phi) is 4.21. The fourth-order valence-corrected chi connectivity index (χ4v) is 3.62. The van der Waals surface area contributed by atoms with Crippen LogP contribution in [0, 0.1) is 0 Å². The Hall–Kier alpha value is -3.46. The van der Waals surface area contributed by atoms with Crippen LogP contribution in [0.4, 0.5) is 11.6 Å². The van der Waals surface area contributed by atoms with Crippen LogP contribution in [0.1, 0.15) is 22.1 Å². The molecule has 0 saturated heterocycles. The fraction of sp³-hybridized carbons (Fsp3) is 0.0556. The van der Waals surface area contributed by atoms with Crippen molar-refractivity contribution in [1.82, 2.24) is 9.97 Å². The Bertz CT molecular complexity index is 1090. The summed E-state index contributed by atoms with van der Waals surface area (Å²) in [6, 6.07) is 14.8. The summed E-state index contributed by atoms with van der Waals surface area (Å²) in [6.45, 7) is 0. The lowest BCUT2D eigenvalue weighted by Crippen LogP contribution is -2.15. The van der Waals surface area contributed by atoms with Crippen molar-refractivity contribution >= 4 is 27.6 Å². The van der Waals surface area contributed by atoms with Gasteiger partial charge in [-0.15, -0.1) is 0 Å². The Labute approximate surface area is 155 Å². The van der Waals surface area contributed by atoms with Crippen LogP contribution in [0.3, 0.4) is 0 Å². The molecule has 2 N–H and O–H groups in total. The summed E-state index contributed by atoms with van der Waals surface area (Å²) in [6.07, 6.45) is 2.27. The van der Waals surface area contributed by atoms with Crippen molar-refractivity contribution in [2.75, 3.05) is 10.0 Å². The van der Waals surface area contributed by atoms with Crippen LogP contribution in [-0.4, -0.2) is 24.4 Å². The molecule has 8 nitrogen and oxygen atoms in total. The number of aromatic nitrogens is 2. The molecule has 9 heteroatoms. The Morgan fingerprint density at radius 2 is 1.63 bits per heavy atom. The molecule has 2 aromatic carbocycles. The van der Waals surface area contributed by atoms with Crippen molar-refractivity contribution in [3.8, 4) is 0 Å². The molecular weight excluding hydrogens is 368 g/mol. The first-order valence-electron chi connectivity index (χ1n) is 7.99. The highest BCUT2D eigenvalue weighted by Crippen LogP contribution is 2.31. The van der Waals surface area contributed by atoms with E-state index in [0.717, 1.165) is 5.56 Å². The second-order valence-electron chi connectivity index (χ2n) is 5.72. The zero-order valence-corrected chi connectivity index (χ0v) is 14.7. The lowest BCUT2D eigenvalue weighted by atomic mass is 10.1. The van der Waals surface area contributed by atoms with E-state index in [2.05, 4.69) is 20.0 Å². The summed E-state index contributed by atoms with van der Waals surface area (Å²) in [4.78, 5) is 19.6. The normalized spacial score (nSPS) is 15.7. The molecule has 1 aromatic heterocycles. The van der Waals surface area contributed by atoms with Gasteiger partial charge in [-0.05, 0) is 36.4 Å². The summed E-state index contributed by atoms with van der Waals surface area (Å²) in [5.41, 5.74) is 1.86. The molecule has 1 aliphatic heterocycles. The predicted octanol–water partition coefficient (Wildman–Crippen LogP) is 2.56. The summed E-state index contributed by atoms with van der Waals surface area (Å²) >= 11 is 0. The standard InChI is InChI=1S/C18H14N4O4S/c23-17-15-5-2-1-4-14(15)16(26-17)21-12-6-8-13(9-7-12)27(24,25)22-18-19-10-3-11-20-18/h1-11,16,21H,(H,19,20,22). The van der Waals surface area contributed by atoms with Crippen LogP contribution < -0.4 is 10.0 Å². The van der Waals surface area contributed by atoms with Gasteiger partial charge in [0.15, 0.2) is 0 Å². The van der Waals surface area contributed by atoms with Crippen LogP contribution in [0.25, 0.3) is 0 Å². The molecule has 136 valence electrons. The van der Waals surface area contributed by atoms with E-state index in [0.29, 0.717) is 11.3 Å². The van der Waals surface area contributed by atoms with Gasteiger partial charge in [-0.25, -0.2) is 27.9 Å². The maximum Gasteiger partial charge on any atom is 0.340 e. The minimum absolute atomic E-state index is 0.00539. The summed E-state index contributed by atoms with van der Waals surface area (Å²) in [7, 11) is -3.80. The monoisotopic (exact) mass is 382 g/mol. The number of hydrogen-bond donors (Lipinski definition) is 2. The molecular formula is C18H14N4O4S. The van der Waals surface area contributed by atoms with Crippen LogP contribution in [-0.2, 0) is 14.8 Å². The van der Waals surface area contributed by atoms with Gasteiger partial charge in [-0.1, -0.05) is 18.2 Å². The van der Waals surface area contributed by atoms with Gasteiger partial charge in [0.05, 0.1) is 10.5 Å². The van der Waals surface area contributed by atoms with Crippen molar-refractivity contribution in [2.24, 2.45) is 0 Å². The number of fused-ring (bicyclic) bond motifs is 1. The first-order chi connectivity index (χ1) is 13.0. The number of carbonyl (C=O) groups is 1. The number of esters is 1. The smallest absolute Gasteiger partial charge is 0.340 e. The number of sulfonamides is 1. The largest absolute Gasteiger partial charge is 0.434 e. The number of rotatable bonds is 5. The quantitative estimate of drug-likeness (QED) is 0.653. The van der Waals surface area contributed by atoms with E-state index in [9.17, 15) is 13.2 Å². The SMILES string of the molecule is O=C1OC(Nc2ccc(S(=O)(=O)Nc3ncccn3)cc2)c2ccccc21. The average Bonchev–Trinajstić information content (AvgIpc) is 2.99. The maximum absolute atomic E-state index is 12.4. The fourth-order valence-electron chi connectivity index (χ4n) is 2.67. The van der Waals surface area contributed by atoms with Crippen molar-refractivity contribution in [1.29, 1.82) is 0 Å². The minimum atomic E-state index is -3.80. The summed E-state index contributed by atoms with van der Waals surface area (Å²) in [5, 5.41) is 3.07. The van der Waals surface area contributed by atoms with Crippen LogP contribution in [0.5, 0.6) is 0 Å². The van der Waals surface area contributed by atoms with E-state index in [-0.39, 0.29) is 10.8 Å². The van der Waals surface area contributed by atoms with E-state index in [1.807, 2.05) is 6.07 Å². The van der Waals surface area contributed by atoms with Crippen LogP contribution in [0.15, 0.2) is 71.9 Å². The Morgan fingerprint density at radius 1 is 0.926 bits per heavy atom. The van der Waals surface area contributed by atoms with Crippen LogP contribution in [0.2, 0.25) is 0 Å². The molecule has 27 heavy (non-hydrogen) atoms. The van der Waals surface area contributed by atoms with Gasteiger partial charge in [-0.2, -0.15) is 0 Å². The van der Waals surface area contributed by atoms with Crippen molar-refractivity contribution < 1.29 is 17.9 Å². The molecule has 0 amide bonds. The van der Waals surface area contributed by atoms with E-state index < -0.39 is 22.2 Å². The third kappa shape index (κ3) is 3.44. The minimum Gasteiger partial charge on any atom is -0.434 e. The highest BCUT2D eigenvalue weighted by molar-refractivity contribution is 7.92. The maximum atomic E-state index is 12.4. The zero-order valence-electron chi connectivity index (χ0n) is 13.9. The van der Waals surface area contributed by atoms with Crippen molar-refractivity contribution in [2.45, 2.75) is 11.1 Å². The van der Waals surface area contributed by atoms with E-state index in [4.69, 9.17) is 4.74 Å². The highest BCUT2D eigenvalue weighted by Gasteiger charge is 2.30. The molecule has 1 unspecified atom stereocenters. The molecule has 3 aromatic rings. The highest BCUT2D eigenvalue weighted by atomic mass is 32.2. The molecule has 0 saturated carbocycles. The number of anilines is 2. The van der Waals surface area contributed by atoms with Crippen molar-refractivity contribution in [3.63, 3.8) is 0 Å². The molecule has 0 radical (unpaired) electrons. The molecule has 1 aliphatic rings. The van der Waals surface area contributed by atoms with Gasteiger partial charge in [0, 0.05) is 23.6 Å². The predicted molar refractivity (Wildman–Crippen MR) is 97.5 cm³/mol. The summed E-state index contributed by atoms with van der Waals surface area (Å²) < 4.78 is 32.4.